The predicted molar refractivity (Wildman–Crippen MR) is 58.4 cm³/mol. The van der Waals surface area contributed by atoms with E-state index < -0.39 is 0 Å². The lowest BCUT2D eigenvalue weighted by Crippen LogP contribution is -1.95. The second-order valence-corrected chi connectivity index (χ2v) is 3.62. The van der Waals surface area contributed by atoms with E-state index in [0.29, 0.717) is 16.6 Å². The van der Waals surface area contributed by atoms with Gasteiger partial charge in [-0.2, -0.15) is 0 Å². The molecule has 2 N–H and O–H groups in total. The van der Waals surface area contributed by atoms with Crippen LogP contribution in [0.4, 0.5) is 5.82 Å². The van der Waals surface area contributed by atoms with Gasteiger partial charge in [-0.1, -0.05) is 11.6 Å². The summed E-state index contributed by atoms with van der Waals surface area (Å²) in [7, 11) is 0. The van der Waals surface area contributed by atoms with Crippen LogP contribution in [0.1, 0.15) is 11.1 Å². The highest BCUT2D eigenvalue weighted by molar-refractivity contribution is 6.30. The molecule has 72 valence electrons. The molecule has 0 amide bonds. The van der Waals surface area contributed by atoms with E-state index >= 15 is 0 Å². The van der Waals surface area contributed by atoms with Gasteiger partial charge in [-0.05, 0) is 37.1 Å². The third-order valence-corrected chi connectivity index (χ3v) is 2.74. The first-order valence-electron chi connectivity index (χ1n) is 4.28. The summed E-state index contributed by atoms with van der Waals surface area (Å²) < 4.78 is 0. The molecule has 0 saturated carbocycles. The van der Waals surface area contributed by atoms with E-state index in [1.54, 1.807) is 6.07 Å². The number of fused-ring (bicyclic) bond motifs is 1. The molecule has 0 atom stereocenters. The Morgan fingerprint density at radius 3 is 2.57 bits per heavy atom. The number of anilines is 1. The van der Waals surface area contributed by atoms with Crippen molar-refractivity contribution in [1.29, 1.82) is 0 Å². The minimum Gasteiger partial charge on any atom is -0.384 e. The molecule has 2 rings (SSSR count). The lowest BCUT2D eigenvalue weighted by atomic mass is 10.1. The molecule has 0 radical (unpaired) electrons. The summed E-state index contributed by atoms with van der Waals surface area (Å²) in [4.78, 5) is 8.29. The maximum absolute atomic E-state index is 5.95. The average Bonchev–Trinajstić information content (AvgIpc) is 2.14. The molecule has 0 unspecified atom stereocenters. The number of aryl methyl sites for hydroxylation is 1. The Hall–Kier alpha value is -1.35. The van der Waals surface area contributed by atoms with Gasteiger partial charge in [0, 0.05) is 5.39 Å². The Morgan fingerprint density at radius 1 is 1.14 bits per heavy atom. The SMILES string of the molecule is Cc1c(Cl)nc2nc(N)ccc2c1C. The van der Waals surface area contributed by atoms with Gasteiger partial charge < -0.3 is 5.73 Å². The molecule has 0 saturated heterocycles. The first-order chi connectivity index (χ1) is 6.59. The van der Waals surface area contributed by atoms with Crippen molar-refractivity contribution in [3.05, 3.63) is 28.4 Å². The quantitative estimate of drug-likeness (QED) is 0.676. The van der Waals surface area contributed by atoms with Crippen LogP contribution in [0.5, 0.6) is 0 Å². The lowest BCUT2D eigenvalue weighted by molar-refractivity contribution is 1.23. The molecule has 4 heteroatoms. The molecule has 2 aromatic heterocycles. The highest BCUT2D eigenvalue weighted by Gasteiger charge is 2.07. The number of nitrogen functional groups attached to an aromatic ring is 1. The number of nitrogens with two attached hydrogens (primary N) is 1. The van der Waals surface area contributed by atoms with Gasteiger partial charge in [-0.15, -0.1) is 0 Å². The predicted octanol–water partition coefficient (Wildman–Crippen LogP) is 2.48. The molecule has 0 aliphatic carbocycles. The van der Waals surface area contributed by atoms with Crippen molar-refractivity contribution in [3.63, 3.8) is 0 Å². The summed E-state index contributed by atoms with van der Waals surface area (Å²) in [6.07, 6.45) is 0. The third kappa shape index (κ3) is 1.30. The van der Waals surface area contributed by atoms with Crippen LogP contribution in [-0.2, 0) is 0 Å². The Balaban J connectivity index is 2.91. The number of pyridine rings is 2. The number of aromatic nitrogens is 2. The fourth-order valence-corrected chi connectivity index (χ4v) is 1.60. The maximum atomic E-state index is 5.95. The summed E-state index contributed by atoms with van der Waals surface area (Å²) in [6, 6.07) is 3.69. The number of hydrogen-bond donors (Lipinski definition) is 1. The topological polar surface area (TPSA) is 51.8 Å². The van der Waals surface area contributed by atoms with Crippen LogP contribution < -0.4 is 5.73 Å². The molecule has 14 heavy (non-hydrogen) atoms. The monoisotopic (exact) mass is 207 g/mol. The molecule has 2 aromatic rings. The van der Waals surface area contributed by atoms with Crippen LogP contribution in [0.2, 0.25) is 5.15 Å². The minimum absolute atomic E-state index is 0.462. The molecule has 0 aliphatic heterocycles. The van der Waals surface area contributed by atoms with E-state index in [1.165, 1.54) is 0 Å². The molecule has 0 bridgehead atoms. The van der Waals surface area contributed by atoms with E-state index in [9.17, 15) is 0 Å². The molecule has 0 aliphatic rings. The zero-order chi connectivity index (χ0) is 10.3. The third-order valence-electron chi connectivity index (χ3n) is 2.38. The van der Waals surface area contributed by atoms with Crippen molar-refractivity contribution in [2.45, 2.75) is 13.8 Å². The summed E-state index contributed by atoms with van der Waals surface area (Å²) in [5.74, 6) is 0.462. The lowest BCUT2D eigenvalue weighted by Gasteiger charge is -2.06. The van der Waals surface area contributed by atoms with Crippen molar-refractivity contribution in [1.82, 2.24) is 9.97 Å². The highest BCUT2D eigenvalue weighted by Crippen LogP contribution is 2.24. The van der Waals surface area contributed by atoms with Crippen molar-refractivity contribution in [2.24, 2.45) is 0 Å². The standard InChI is InChI=1S/C10H10ClN3/c1-5-6(2)9(11)14-10-7(5)3-4-8(12)13-10/h3-4H,1-2H3,(H2,12,13,14). The largest absolute Gasteiger partial charge is 0.384 e. The smallest absolute Gasteiger partial charge is 0.163 e. The van der Waals surface area contributed by atoms with Crippen molar-refractivity contribution >= 4 is 28.5 Å². The van der Waals surface area contributed by atoms with E-state index in [4.69, 9.17) is 17.3 Å². The number of hydrogen-bond acceptors (Lipinski definition) is 3. The minimum atomic E-state index is 0.462. The molecule has 2 heterocycles. The van der Waals surface area contributed by atoms with Gasteiger partial charge in [-0.25, -0.2) is 9.97 Å². The number of nitrogens with zero attached hydrogens (tertiary/aromatic N) is 2. The first-order valence-corrected chi connectivity index (χ1v) is 4.66. The van der Waals surface area contributed by atoms with Gasteiger partial charge in [0.2, 0.25) is 0 Å². The van der Waals surface area contributed by atoms with Crippen LogP contribution in [0.3, 0.4) is 0 Å². The molecular weight excluding hydrogens is 198 g/mol. The van der Waals surface area contributed by atoms with E-state index in [1.807, 2.05) is 19.9 Å². The molecule has 3 nitrogen and oxygen atoms in total. The zero-order valence-electron chi connectivity index (χ0n) is 8.00. The molecular formula is C10H10ClN3. The van der Waals surface area contributed by atoms with Crippen LogP contribution in [0.15, 0.2) is 12.1 Å². The van der Waals surface area contributed by atoms with Crippen LogP contribution in [0, 0.1) is 13.8 Å². The van der Waals surface area contributed by atoms with Crippen molar-refractivity contribution in [3.8, 4) is 0 Å². The van der Waals surface area contributed by atoms with Gasteiger partial charge in [0.25, 0.3) is 0 Å². The Labute approximate surface area is 86.9 Å². The molecule has 0 aromatic carbocycles. The van der Waals surface area contributed by atoms with E-state index in [-0.39, 0.29) is 0 Å². The Kier molecular flexibility index (Phi) is 2.04. The van der Waals surface area contributed by atoms with Gasteiger partial charge in [0.05, 0.1) is 0 Å². The molecule has 0 fully saturated rings. The second kappa shape index (κ2) is 3.10. The number of halogens is 1. The summed E-state index contributed by atoms with van der Waals surface area (Å²) in [6.45, 7) is 3.95. The average molecular weight is 208 g/mol. The first kappa shape index (κ1) is 9.21. The van der Waals surface area contributed by atoms with Gasteiger partial charge in [0.15, 0.2) is 5.65 Å². The summed E-state index contributed by atoms with van der Waals surface area (Å²) >= 11 is 5.95. The fraction of sp³-hybridized carbons (Fsp3) is 0.200. The fourth-order valence-electron chi connectivity index (χ4n) is 1.37. The summed E-state index contributed by atoms with van der Waals surface area (Å²) in [5, 5.41) is 1.49. The maximum Gasteiger partial charge on any atom is 0.163 e. The normalized spacial score (nSPS) is 10.8. The van der Waals surface area contributed by atoms with E-state index in [2.05, 4.69) is 9.97 Å². The number of rotatable bonds is 0. The second-order valence-electron chi connectivity index (χ2n) is 3.26. The van der Waals surface area contributed by atoms with Crippen LogP contribution >= 0.6 is 11.6 Å². The van der Waals surface area contributed by atoms with E-state index in [0.717, 1.165) is 16.5 Å². The Morgan fingerprint density at radius 2 is 1.86 bits per heavy atom. The zero-order valence-corrected chi connectivity index (χ0v) is 8.76. The van der Waals surface area contributed by atoms with Crippen LogP contribution in [0.25, 0.3) is 11.0 Å². The highest BCUT2D eigenvalue weighted by atomic mass is 35.5. The molecule has 0 spiro atoms. The van der Waals surface area contributed by atoms with Gasteiger partial charge in [-0.3, -0.25) is 0 Å². The van der Waals surface area contributed by atoms with Crippen molar-refractivity contribution in [2.75, 3.05) is 5.73 Å². The van der Waals surface area contributed by atoms with Crippen LogP contribution in [-0.4, -0.2) is 9.97 Å². The van der Waals surface area contributed by atoms with Gasteiger partial charge in [0.1, 0.15) is 11.0 Å². The van der Waals surface area contributed by atoms with Crippen molar-refractivity contribution < 1.29 is 0 Å². The summed E-state index contributed by atoms with van der Waals surface area (Å²) in [5.41, 5.74) is 8.27. The van der Waals surface area contributed by atoms with Gasteiger partial charge >= 0.3 is 0 Å². The Bertz CT molecular complexity index is 508.